The molecule has 1 aliphatic rings. The molecule has 0 spiro atoms. The van der Waals surface area contributed by atoms with E-state index in [2.05, 4.69) is 17.9 Å². The summed E-state index contributed by atoms with van der Waals surface area (Å²) in [6, 6.07) is 0. The van der Waals surface area contributed by atoms with Crippen molar-refractivity contribution >= 4 is 0 Å². The fourth-order valence-electron chi connectivity index (χ4n) is 1.99. The van der Waals surface area contributed by atoms with E-state index in [9.17, 15) is 0 Å². The highest BCUT2D eigenvalue weighted by Crippen LogP contribution is 2.11. The van der Waals surface area contributed by atoms with Crippen LogP contribution in [0.3, 0.4) is 0 Å². The van der Waals surface area contributed by atoms with Crippen molar-refractivity contribution in [2.24, 2.45) is 0 Å². The van der Waals surface area contributed by atoms with E-state index < -0.39 is 0 Å². The molecule has 0 bridgehead atoms. The molecule has 0 heterocycles. The van der Waals surface area contributed by atoms with Gasteiger partial charge in [0.15, 0.2) is 0 Å². The molecule has 1 rings (SSSR count). The molecular formula is C15H24. The molecule has 0 aliphatic heterocycles. The third-order valence-corrected chi connectivity index (χ3v) is 2.98. The Labute approximate surface area is 95.2 Å². The van der Waals surface area contributed by atoms with Gasteiger partial charge in [-0.25, -0.2) is 0 Å². The topological polar surface area (TPSA) is 0 Å². The molecule has 0 aromatic carbocycles. The van der Waals surface area contributed by atoms with E-state index in [1.807, 2.05) is 6.08 Å². The summed E-state index contributed by atoms with van der Waals surface area (Å²) in [5.74, 6) is 6.34. The van der Waals surface area contributed by atoms with Crippen LogP contribution in [0.15, 0.2) is 12.2 Å². The molecule has 0 amide bonds. The molecule has 1 aliphatic carbocycles. The highest BCUT2D eigenvalue weighted by Gasteiger charge is 1.92. The van der Waals surface area contributed by atoms with Gasteiger partial charge in [-0.2, -0.15) is 0 Å². The average Bonchev–Trinajstić information content (AvgIpc) is 2.27. The Balaban J connectivity index is 2.19. The van der Waals surface area contributed by atoms with Gasteiger partial charge < -0.3 is 0 Å². The first-order valence-corrected chi connectivity index (χ1v) is 6.63. The summed E-state index contributed by atoms with van der Waals surface area (Å²) in [5, 5.41) is 0. The van der Waals surface area contributed by atoms with Gasteiger partial charge in [0, 0.05) is 6.42 Å². The van der Waals surface area contributed by atoms with Gasteiger partial charge in [0.2, 0.25) is 0 Å². The van der Waals surface area contributed by atoms with Crippen molar-refractivity contribution in [1.82, 2.24) is 0 Å². The normalized spacial score (nSPS) is 22.9. The third-order valence-electron chi connectivity index (χ3n) is 2.98. The maximum atomic E-state index is 3.22. The molecule has 15 heavy (non-hydrogen) atoms. The van der Waals surface area contributed by atoms with Crippen LogP contribution in [0.1, 0.15) is 70.6 Å². The Hall–Kier alpha value is -0.700. The second-order valence-electron chi connectivity index (χ2n) is 4.44. The van der Waals surface area contributed by atoms with E-state index >= 15 is 0 Å². The van der Waals surface area contributed by atoms with E-state index in [0.717, 1.165) is 6.42 Å². The van der Waals surface area contributed by atoms with Crippen molar-refractivity contribution in [2.45, 2.75) is 70.6 Å². The minimum Gasteiger partial charge on any atom is -0.0985 e. The first-order chi connectivity index (χ1) is 7.50. The number of hydrogen-bond donors (Lipinski definition) is 0. The SMILES string of the molecule is C1#CCCCCCCCCCCC/C=C\1. The Bertz CT molecular complexity index is 214. The molecule has 0 heteroatoms. The van der Waals surface area contributed by atoms with Crippen molar-refractivity contribution in [3.63, 3.8) is 0 Å². The van der Waals surface area contributed by atoms with Gasteiger partial charge in [0.1, 0.15) is 0 Å². The maximum Gasteiger partial charge on any atom is 0.00922 e. The highest BCUT2D eigenvalue weighted by molar-refractivity contribution is 5.14. The zero-order chi connectivity index (χ0) is 10.6. The number of hydrogen-bond acceptors (Lipinski definition) is 0. The molecule has 0 saturated carbocycles. The van der Waals surface area contributed by atoms with Gasteiger partial charge in [-0.05, 0) is 25.3 Å². The van der Waals surface area contributed by atoms with E-state index in [1.54, 1.807) is 0 Å². The Kier molecular flexibility index (Phi) is 8.11. The standard InChI is InChI=1S/C15H24/c1-2-4-6-8-10-12-14-15-13-11-9-7-5-3-1/h1-2H,3,5,7-15H2/b2-1-. The summed E-state index contributed by atoms with van der Waals surface area (Å²) in [5.41, 5.74) is 0. The summed E-state index contributed by atoms with van der Waals surface area (Å²) in [7, 11) is 0. The molecule has 0 N–H and O–H groups in total. The molecule has 0 nitrogen and oxygen atoms in total. The molecule has 0 unspecified atom stereocenters. The monoisotopic (exact) mass is 204 g/mol. The smallest absolute Gasteiger partial charge is 0.00922 e. The van der Waals surface area contributed by atoms with Gasteiger partial charge in [-0.3, -0.25) is 0 Å². The minimum atomic E-state index is 1.09. The molecule has 0 radical (unpaired) electrons. The molecular weight excluding hydrogens is 180 g/mol. The Morgan fingerprint density at radius 3 is 2.00 bits per heavy atom. The van der Waals surface area contributed by atoms with Gasteiger partial charge in [-0.15, -0.1) is 0 Å². The zero-order valence-electron chi connectivity index (χ0n) is 9.93. The predicted molar refractivity (Wildman–Crippen MR) is 67.7 cm³/mol. The van der Waals surface area contributed by atoms with Crippen LogP contribution in [0.4, 0.5) is 0 Å². The van der Waals surface area contributed by atoms with E-state index in [1.165, 1.54) is 64.2 Å². The van der Waals surface area contributed by atoms with E-state index in [4.69, 9.17) is 0 Å². The van der Waals surface area contributed by atoms with Crippen LogP contribution in [0.2, 0.25) is 0 Å². The zero-order valence-corrected chi connectivity index (χ0v) is 9.93. The summed E-state index contributed by atoms with van der Waals surface area (Å²) >= 11 is 0. The lowest BCUT2D eigenvalue weighted by molar-refractivity contribution is 0.562. The highest BCUT2D eigenvalue weighted by atomic mass is 14.0. The van der Waals surface area contributed by atoms with Crippen LogP contribution in [0.25, 0.3) is 0 Å². The second kappa shape index (κ2) is 9.84. The first-order valence-electron chi connectivity index (χ1n) is 6.63. The Morgan fingerprint density at radius 1 is 0.667 bits per heavy atom. The van der Waals surface area contributed by atoms with Gasteiger partial charge in [0.25, 0.3) is 0 Å². The fraction of sp³-hybridized carbons (Fsp3) is 0.733. The maximum absolute atomic E-state index is 3.22. The van der Waals surface area contributed by atoms with Crippen LogP contribution >= 0.6 is 0 Å². The lowest BCUT2D eigenvalue weighted by Gasteiger charge is -2.00. The van der Waals surface area contributed by atoms with Crippen molar-refractivity contribution in [3.8, 4) is 11.8 Å². The molecule has 0 aromatic rings. The molecule has 0 fully saturated rings. The van der Waals surface area contributed by atoms with E-state index in [0.29, 0.717) is 0 Å². The van der Waals surface area contributed by atoms with Gasteiger partial charge >= 0.3 is 0 Å². The average molecular weight is 204 g/mol. The quantitative estimate of drug-likeness (QED) is 0.495. The molecule has 84 valence electrons. The van der Waals surface area contributed by atoms with Crippen LogP contribution in [0.5, 0.6) is 0 Å². The summed E-state index contributed by atoms with van der Waals surface area (Å²) < 4.78 is 0. The van der Waals surface area contributed by atoms with Crippen molar-refractivity contribution in [1.29, 1.82) is 0 Å². The molecule has 0 saturated heterocycles. The number of rotatable bonds is 0. The van der Waals surface area contributed by atoms with Crippen LogP contribution < -0.4 is 0 Å². The minimum absolute atomic E-state index is 1.09. The lowest BCUT2D eigenvalue weighted by atomic mass is 10.1. The van der Waals surface area contributed by atoms with Crippen LogP contribution in [-0.2, 0) is 0 Å². The fourth-order valence-corrected chi connectivity index (χ4v) is 1.99. The van der Waals surface area contributed by atoms with Crippen molar-refractivity contribution in [2.75, 3.05) is 0 Å². The largest absolute Gasteiger partial charge is 0.0985 e. The first kappa shape index (κ1) is 12.4. The van der Waals surface area contributed by atoms with Crippen LogP contribution in [-0.4, -0.2) is 0 Å². The van der Waals surface area contributed by atoms with E-state index in [-0.39, 0.29) is 0 Å². The van der Waals surface area contributed by atoms with Crippen molar-refractivity contribution < 1.29 is 0 Å². The lowest BCUT2D eigenvalue weighted by Crippen LogP contribution is -1.81. The number of allylic oxidation sites excluding steroid dienone is 2. The van der Waals surface area contributed by atoms with Crippen molar-refractivity contribution in [3.05, 3.63) is 12.2 Å². The molecule has 0 aromatic heterocycles. The Morgan fingerprint density at radius 2 is 1.27 bits per heavy atom. The predicted octanol–water partition coefficient (Wildman–Crippen LogP) is 4.85. The summed E-state index contributed by atoms with van der Waals surface area (Å²) in [6.45, 7) is 0. The van der Waals surface area contributed by atoms with Gasteiger partial charge in [-0.1, -0.05) is 62.9 Å². The summed E-state index contributed by atoms with van der Waals surface area (Å²) in [6.07, 6.45) is 19.2. The van der Waals surface area contributed by atoms with Gasteiger partial charge in [0.05, 0.1) is 0 Å². The second-order valence-corrected chi connectivity index (χ2v) is 4.44. The summed E-state index contributed by atoms with van der Waals surface area (Å²) in [4.78, 5) is 0. The third kappa shape index (κ3) is 8.30. The molecule has 0 atom stereocenters. The van der Waals surface area contributed by atoms with Crippen LogP contribution in [0, 0.1) is 11.8 Å².